The van der Waals surface area contributed by atoms with Crippen molar-refractivity contribution in [2.24, 2.45) is 0 Å². The standard InChI is InChI=1S/C22H25N5/c1-16-20(17-5-7-18(23-2)8-6-17)15-21(27-14-11-24-22(16)27)26-12-9-19(10-13-26)25(3)4/h5-8,11,14-15,19H,9-10,12-13H2,1,3-4H3. The summed E-state index contributed by atoms with van der Waals surface area (Å²) in [5.74, 6) is 1.20. The maximum atomic E-state index is 7.16. The summed E-state index contributed by atoms with van der Waals surface area (Å²) in [7, 11) is 4.34. The molecule has 0 N–H and O–H groups in total. The number of hydrogen-bond donors (Lipinski definition) is 0. The number of aryl methyl sites for hydroxylation is 1. The minimum Gasteiger partial charge on any atom is -0.358 e. The number of aromatic nitrogens is 2. The van der Waals surface area contributed by atoms with Crippen LogP contribution in [-0.2, 0) is 0 Å². The van der Waals surface area contributed by atoms with E-state index in [4.69, 9.17) is 6.57 Å². The molecule has 1 aromatic carbocycles. The molecule has 0 atom stereocenters. The number of piperidine rings is 1. The van der Waals surface area contributed by atoms with E-state index in [0.29, 0.717) is 11.7 Å². The molecule has 0 radical (unpaired) electrons. The van der Waals surface area contributed by atoms with Gasteiger partial charge >= 0.3 is 0 Å². The Hall–Kier alpha value is -2.84. The van der Waals surface area contributed by atoms with Crippen molar-refractivity contribution in [3.63, 3.8) is 0 Å². The summed E-state index contributed by atoms with van der Waals surface area (Å²) in [6, 6.07) is 10.8. The molecular formula is C22H25N5. The zero-order chi connectivity index (χ0) is 19.0. The maximum absolute atomic E-state index is 7.16. The lowest BCUT2D eigenvalue weighted by molar-refractivity contribution is 0.249. The molecule has 1 saturated heterocycles. The van der Waals surface area contributed by atoms with Crippen LogP contribution in [0.15, 0.2) is 42.7 Å². The lowest BCUT2D eigenvalue weighted by Gasteiger charge is -2.37. The molecule has 138 valence electrons. The van der Waals surface area contributed by atoms with E-state index in [1.54, 1.807) is 0 Å². The summed E-state index contributed by atoms with van der Waals surface area (Å²) in [4.78, 5) is 12.9. The van der Waals surface area contributed by atoms with Gasteiger partial charge in [0.05, 0.1) is 6.57 Å². The van der Waals surface area contributed by atoms with E-state index in [0.717, 1.165) is 24.3 Å². The molecule has 2 aromatic heterocycles. The largest absolute Gasteiger partial charge is 0.358 e. The summed E-state index contributed by atoms with van der Waals surface area (Å²) in [6.07, 6.45) is 6.28. The van der Waals surface area contributed by atoms with Crippen molar-refractivity contribution in [3.05, 3.63) is 59.7 Å². The molecule has 5 nitrogen and oxygen atoms in total. The zero-order valence-corrected chi connectivity index (χ0v) is 16.2. The van der Waals surface area contributed by atoms with Crippen molar-refractivity contribution < 1.29 is 0 Å². The fraction of sp³-hybridized carbons (Fsp3) is 0.364. The molecule has 0 amide bonds. The summed E-state index contributed by atoms with van der Waals surface area (Å²) in [5.41, 5.74) is 5.17. The van der Waals surface area contributed by atoms with Gasteiger partial charge in [-0.3, -0.25) is 4.40 Å². The molecule has 1 fully saturated rings. The van der Waals surface area contributed by atoms with E-state index in [2.05, 4.69) is 57.3 Å². The molecule has 1 aliphatic heterocycles. The van der Waals surface area contributed by atoms with E-state index in [1.165, 1.54) is 29.8 Å². The number of fused-ring (bicyclic) bond motifs is 1. The third-order valence-corrected chi connectivity index (χ3v) is 5.73. The summed E-state index contributed by atoms with van der Waals surface area (Å²) in [5, 5.41) is 0. The van der Waals surface area contributed by atoms with Gasteiger partial charge in [-0.25, -0.2) is 9.83 Å². The van der Waals surface area contributed by atoms with Gasteiger partial charge in [0.2, 0.25) is 0 Å². The minimum atomic E-state index is 0.658. The lowest BCUT2D eigenvalue weighted by Crippen LogP contribution is -2.42. The molecule has 0 unspecified atom stereocenters. The second kappa shape index (κ2) is 7.05. The predicted octanol–water partition coefficient (Wildman–Crippen LogP) is 4.39. The van der Waals surface area contributed by atoms with Gasteiger partial charge in [0.15, 0.2) is 5.69 Å². The van der Waals surface area contributed by atoms with Gasteiger partial charge in [0.1, 0.15) is 11.5 Å². The maximum Gasteiger partial charge on any atom is 0.187 e. The second-order valence-electron chi connectivity index (χ2n) is 7.50. The van der Waals surface area contributed by atoms with Crippen LogP contribution >= 0.6 is 0 Å². The molecule has 4 rings (SSSR count). The molecular weight excluding hydrogens is 334 g/mol. The predicted molar refractivity (Wildman–Crippen MR) is 111 cm³/mol. The molecule has 1 aliphatic rings. The Morgan fingerprint density at radius 1 is 1.15 bits per heavy atom. The fourth-order valence-electron chi connectivity index (χ4n) is 4.06. The van der Waals surface area contributed by atoms with E-state index >= 15 is 0 Å². The molecule has 0 bridgehead atoms. The van der Waals surface area contributed by atoms with Crippen molar-refractivity contribution in [1.82, 2.24) is 14.3 Å². The number of imidazole rings is 1. The number of anilines is 1. The Morgan fingerprint density at radius 2 is 1.85 bits per heavy atom. The Kier molecular flexibility index (Phi) is 4.59. The molecule has 27 heavy (non-hydrogen) atoms. The average Bonchev–Trinajstić information content (AvgIpc) is 3.19. The first-order valence-corrected chi connectivity index (χ1v) is 9.44. The van der Waals surface area contributed by atoms with Crippen LogP contribution in [0.1, 0.15) is 18.4 Å². The van der Waals surface area contributed by atoms with Crippen LogP contribution in [0.5, 0.6) is 0 Å². The van der Waals surface area contributed by atoms with Crippen molar-refractivity contribution in [3.8, 4) is 11.1 Å². The van der Waals surface area contributed by atoms with Crippen molar-refractivity contribution in [1.29, 1.82) is 0 Å². The van der Waals surface area contributed by atoms with Crippen molar-refractivity contribution in [2.75, 3.05) is 32.1 Å². The Bertz CT molecular complexity index is 986. The number of pyridine rings is 1. The first kappa shape index (κ1) is 17.6. The van der Waals surface area contributed by atoms with Crippen LogP contribution < -0.4 is 4.90 Å². The Balaban J connectivity index is 1.76. The number of benzene rings is 1. The van der Waals surface area contributed by atoms with Crippen LogP contribution in [0, 0.1) is 13.5 Å². The van der Waals surface area contributed by atoms with Crippen LogP contribution in [0.25, 0.3) is 21.6 Å². The first-order valence-electron chi connectivity index (χ1n) is 9.44. The van der Waals surface area contributed by atoms with E-state index in [-0.39, 0.29) is 0 Å². The molecule has 5 heteroatoms. The summed E-state index contributed by atoms with van der Waals surface area (Å²) >= 11 is 0. The van der Waals surface area contributed by atoms with E-state index in [9.17, 15) is 0 Å². The number of nitrogens with zero attached hydrogens (tertiary/aromatic N) is 5. The highest BCUT2D eigenvalue weighted by Crippen LogP contribution is 2.33. The average molecular weight is 359 g/mol. The molecule has 0 spiro atoms. The third-order valence-electron chi connectivity index (χ3n) is 5.73. The molecule has 3 aromatic rings. The molecule has 0 saturated carbocycles. The number of rotatable bonds is 3. The van der Waals surface area contributed by atoms with Crippen molar-refractivity contribution in [2.45, 2.75) is 25.8 Å². The highest BCUT2D eigenvalue weighted by atomic mass is 15.2. The quantitative estimate of drug-likeness (QED) is 0.649. The van der Waals surface area contributed by atoms with E-state index < -0.39 is 0 Å². The van der Waals surface area contributed by atoms with Crippen LogP contribution in [0.4, 0.5) is 11.5 Å². The molecule has 3 heterocycles. The highest BCUT2D eigenvalue weighted by Gasteiger charge is 2.23. The normalized spacial score (nSPS) is 15.4. The summed E-state index contributed by atoms with van der Waals surface area (Å²) < 4.78 is 2.21. The lowest BCUT2D eigenvalue weighted by atomic mass is 10.00. The monoisotopic (exact) mass is 359 g/mol. The van der Waals surface area contributed by atoms with Crippen LogP contribution in [0.2, 0.25) is 0 Å². The van der Waals surface area contributed by atoms with Gasteiger partial charge in [0, 0.05) is 37.1 Å². The van der Waals surface area contributed by atoms with Crippen LogP contribution in [0.3, 0.4) is 0 Å². The van der Waals surface area contributed by atoms with E-state index in [1.807, 2.05) is 30.5 Å². The molecule has 0 aliphatic carbocycles. The van der Waals surface area contributed by atoms with Gasteiger partial charge in [-0.1, -0.05) is 24.3 Å². The smallest absolute Gasteiger partial charge is 0.187 e. The SMILES string of the molecule is [C-]#[N+]c1ccc(-c2cc(N3CCC(N(C)C)CC3)n3ccnc3c2C)cc1. The highest BCUT2D eigenvalue weighted by molar-refractivity contribution is 5.78. The third kappa shape index (κ3) is 3.17. The van der Waals surface area contributed by atoms with Crippen molar-refractivity contribution >= 4 is 17.2 Å². The van der Waals surface area contributed by atoms with Gasteiger partial charge < -0.3 is 9.80 Å². The van der Waals surface area contributed by atoms with Crippen LogP contribution in [-0.4, -0.2) is 47.5 Å². The zero-order valence-electron chi connectivity index (χ0n) is 16.2. The van der Waals surface area contributed by atoms with Gasteiger partial charge in [0.25, 0.3) is 0 Å². The minimum absolute atomic E-state index is 0.658. The van der Waals surface area contributed by atoms with Gasteiger partial charge in [-0.15, -0.1) is 0 Å². The number of hydrogen-bond acceptors (Lipinski definition) is 3. The van der Waals surface area contributed by atoms with Gasteiger partial charge in [-0.05, 0) is 51.1 Å². The second-order valence-corrected chi connectivity index (χ2v) is 7.50. The Labute approximate surface area is 160 Å². The fourth-order valence-corrected chi connectivity index (χ4v) is 4.06. The topological polar surface area (TPSA) is 28.1 Å². The Morgan fingerprint density at radius 3 is 2.48 bits per heavy atom. The van der Waals surface area contributed by atoms with Gasteiger partial charge in [-0.2, -0.15) is 0 Å². The summed E-state index contributed by atoms with van der Waals surface area (Å²) in [6.45, 7) is 11.4. The first-order chi connectivity index (χ1) is 13.1.